The summed E-state index contributed by atoms with van der Waals surface area (Å²) in [7, 11) is -2.26. The predicted octanol–water partition coefficient (Wildman–Crippen LogP) is 2.31. The second kappa shape index (κ2) is 7.78. The molecule has 0 aliphatic carbocycles. The zero-order valence-electron chi connectivity index (χ0n) is 12.9. The molecule has 0 aliphatic heterocycles. The Morgan fingerprint density at radius 3 is 2.50 bits per heavy atom. The molecule has 128 valence electrons. The number of carbonyl (C=O) groups is 1. The number of carbonyl (C=O) groups excluding carboxylic acids is 1. The number of anilines is 1. The van der Waals surface area contributed by atoms with E-state index in [0.29, 0.717) is 5.69 Å². The van der Waals surface area contributed by atoms with Crippen molar-refractivity contribution >= 4 is 37.5 Å². The van der Waals surface area contributed by atoms with E-state index >= 15 is 0 Å². The van der Waals surface area contributed by atoms with E-state index in [9.17, 15) is 13.2 Å². The molecule has 0 bridgehead atoms. The summed E-state index contributed by atoms with van der Waals surface area (Å²) in [5, 5.41) is 8.90. The zero-order chi connectivity index (χ0) is 17.7. The van der Waals surface area contributed by atoms with Crippen LogP contribution < -0.4 is 4.72 Å². The molecule has 0 atom stereocenters. The summed E-state index contributed by atoms with van der Waals surface area (Å²) in [5.41, 5.74) is 0.664. The highest BCUT2D eigenvalue weighted by Crippen LogP contribution is 2.19. The second-order valence-electron chi connectivity index (χ2n) is 5.09. The smallest absolute Gasteiger partial charge is 0.261 e. The van der Waals surface area contributed by atoms with Crippen LogP contribution in [0.25, 0.3) is 0 Å². The molecular weight excluding hydrogens is 396 g/mol. The van der Waals surface area contributed by atoms with Crippen LogP contribution in [0.15, 0.2) is 57.9 Å². The van der Waals surface area contributed by atoms with E-state index in [2.05, 4.69) is 20.7 Å². The summed E-state index contributed by atoms with van der Waals surface area (Å²) >= 11 is 3.28. The minimum absolute atomic E-state index is 0.00586. The molecule has 0 unspecified atom stereocenters. The van der Waals surface area contributed by atoms with E-state index in [1.165, 1.54) is 29.2 Å². The van der Waals surface area contributed by atoms with E-state index in [0.717, 1.165) is 4.47 Å². The van der Waals surface area contributed by atoms with Gasteiger partial charge in [-0.05, 0) is 42.5 Å². The fraction of sp³-hybridized carbons (Fsp3) is 0.188. The number of halogens is 1. The minimum Gasteiger partial charge on any atom is -0.395 e. The number of benzene rings is 2. The number of hydrogen-bond acceptors (Lipinski definition) is 4. The molecule has 6 nitrogen and oxygen atoms in total. The van der Waals surface area contributed by atoms with Gasteiger partial charge in [0, 0.05) is 29.3 Å². The average Bonchev–Trinajstić information content (AvgIpc) is 2.56. The number of nitrogens with zero attached hydrogens (tertiary/aromatic N) is 1. The van der Waals surface area contributed by atoms with Gasteiger partial charge < -0.3 is 10.0 Å². The largest absolute Gasteiger partial charge is 0.395 e. The number of nitrogens with one attached hydrogen (secondary N) is 1. The maximum Gasteiger partial charge on any atom is 0.261 e. The highest BCUT2D eigenvalue weighted by atomic mass is 79.9. The van der Waals surface area contributed by atoms with Crippen LogP contribution in [0.3, 0.4) is 0 Å². The van der Waals surface area contributed by atoms with Crippen LogP contribution in [0.1, 0.15) is 10.4 Å². The van der Waals surface area contributed by atoms with Crippen LogP contribution in [0.2, 0.25) is 0 Å². The molecule has 2 rings (SSSR count). The molecule has 2 aromatic carbocycles. The Morgan fingerprint density at radius 2 is 1.88 bits per heavy atom. The third-order valence-electron chi connectivity index (χ3n) is 3.27. The molecule has 0 saturated heterocycles. The molecule has 8 heteroatoms. The van der Waals surface area contributed by atoms with Crippen molar-refractivity contribution in [2.75, 3.05) is 24.9 Å². The van der Waals surface area contributed by atoms with Crippen molar-refractivity contribution in [2.24, 2.45) is 0 Å². The minimum atomic E-state index is -3.81. The maximum absolute atomic E-state index is 12.5. The lowest BCUT2D eigenvalue weighted by atomic mass is 10.2. The van der Waals surface area contributed by atoms with Gasteiger partial charge in [0.15, 0.2) is 0 Å². The van der Waals surface area contributed by atoms with E-state index in [-0.39, 0.29) is 29.5 Å². The molecular formula is C16H17BrN2O4S. The summed E-state index contributed by atoms with van der Waals surface area (Å²) in [6.07, 6.45) is 0. The Balaban J connectivity index is 2.26. The van der Waals surface area contributed by atoms with Crippen molar-refractivity contribution in [3.05, 3.63) is 58.6 Å². The highest BCUT2D eigenvalue weighted by Gasteiger charge is 2.18. The Morgan fingerprint density at radius 1 is 1.21 bits per heavy atom. The summed E-state index contributed by atoms with van der Waals surface area (Å²) in [6.45, 7) is 0.0122. The molecule has 24 heavy (non-hydrogen) atoms. The Kier molecular flexibility index (Phi) is 5.98. The first-order valence-electron chi connectivity index (χ1n) is 7.08. The molecule has 0 aromatic heterocycles. The van der Waals surface area contributed by atoms with Crippen molar-refractivity contribution in [3.63, 3.8) is 0 Å². The Labute approximate surface area is 149 Å². The molecule has 0 spiro atoms. The zero-order valence-corrected chi connectivity index (χ0v) is 15.3. The summed E-state index contributed by atoms with van der Waals surface area (Å²) in [6, 6.07) is 12.5. The third kappa shape index (κ3) is 4.56. The van der Waals surface area contributed by atoms with Gasteiger partial charge in [-0.2, -0.15) is 0 Å². The van der Waals surface area contributed by atoms with Crippen LogP contribution in [0.5, 0.6) is 0 Å². The lowest BCUT2D eigenvalue weighted by Crippen LogP contribution is -2.29. The fourth-order valence-electron chi connectivity index (χ4n) is 2.00. The Bertz CT molecular complexity index is 822. The number of rotatable bonds is 6. The van der Waals surface area contributed by atoms with Gasteiger partial charge in [-0.1, -0.05) is 22.0 Å². The van der Waals surface area contributed by atoms with Crippen LogP contribution in [0, 0.1) is 0 Å². The highest BCUT2D eigenvalue weighted by molar-refractivity contribution is 9.10. The normalized spacial score (nSPS) is 11.1. The summed E-state index contributed by atoms with van der Waals surface area (Å²) in [5.74, 6) is -0.357. The molecule has 2 N–H and O–H groups in total. The van der Waals surface area contributed by atoms with Crippen molar-refractivity contribution in [1.82, 2.24) is 4.90 Å². The maximum atomic E-state index is 12.5. The third-order valence-corrected chi connectivity index (χ3v) is 5.18. The van der Waals surface area contributed by atoms with E-state index in [1.54, 1.807) is 31.3 Å². The van der Waals surface area contributed by atoms with Gasteiger partial charge in [0.2, 0.25) is 0 Å². The first-order valence-corrected chi connectivity index (χ1v) is 9.36. The summed E-state index contributed by atoms with van der Waals surface area (Å²) in [4.78, 5) is 13.5. The van der Waals surface area contributed by atoms with Gasteiger partial charge in [-0.15, -0.1) is 0 Å². The van der Waals surface area contributed by atoms with Crippen LogP contribution in [-0.2, 0) is 10.0 Å². The quantitative estimate of drug-likeness (QED) is 0.761. The number of aliphatic hydroxyl groups excluding tert-OH is 1. The number of likely N-dealkylation sites (N-methyl/N-ethyl adjacent to an activating group) is 1. The standard InChI is InChI=1S/C16H17BrN2O4S/c1-19(9-10-20)16(21)12-3-2-4-15(11-12)24(22,23)18-14-7-5-13(17)6-8-14/h2-8,11,18,20H,9-10H2,1H3. The van der Waals surface area contributed by atoms with Gasteiger partial charge in [0.05, 0.1) is 11.5 Å². The van der Waals surface area contributed by atoms with Gasteiger partial charge in [-0.25, -0.2) is 8.42 Å². The molecule has 0 heterocycles. The second-order valence-corrected chi connectivity index (χ2v) is 7.69. The fourth-order valence-corrected chi connectivity index (χ4v) is 3.37. The average molecular weight is 413 g/mol. The first kappa shape index (κ1) is 18.4. The van der Waals surface area contributed by atoms with E-state index < -0.39 is 10.0 Å². The first-order chi connectivity index (χ1) is 11.3. The lowest BCUT2D eigenvalue weighted by Gasteiger charge is -2.16. The van der Waals surface area contributed by atoms with Crippen molar-refractivity contribution in [1.29, 1.82) is 0 Å². The van der Waals surface area contributed by atoms with Crippen molar-refractivity contribution in [2.45, 2.75) is 4.90 Å². The number of amides is 1. The summed E-state index contributed by atoms with van der Waals surface area (Å²) < 4.78 is 28.2. The lowest BCUT2D eigenvalue weighted by molar-refractivity contribution is 0.0766. The van der Waals surface area contributed by atoms with Crippen molar-refractivity contribution < 1.29 is 18.3 Å². The topological polar surface area (TPSA) is 86.7 Å². The number of aliphatic hydroxyl groups is 1. The SMILES string of the molecule is CN(CCO)C(=O)c1cccc(S(=O)(=O)Nc2ccc(Br)cc2)c1. The molecule has 2 aromatic rings. The van der Waals surface area contributed by atoms with E-state index in [1.807, 2.05) is 0 Å². The molecule has 0 radical (unpaired) electrons. The van der Waals surface area contributed by atoms with Gasteiger partial charge in [0.1, 0.15) is 0 Å². The molecule has 0 fully saturated rings. The van der Waals surface area contributed by atoms with Gasteiger partial charge in [0.25, 0.3) is 15.9 Å². The van der Waals surface area contributed by atoms with Crippen LogP contribution in [-0.4, -0.2) is 44.5 Å². The van der Waals surface area contributed by atoms with Gasteiger partial charge >= 0.3 is 0 Å². The van der Waals surface area contributed by atoms with Crippen LogP contribution >= 0.6 is 15.9 Å². The number of hydrogen-bond donors (Lipinski definition) is 2. The molecule has 0 aliphatic rings. The number of sulfonamides is 1. The van der Waals surface area contributed by atoms with Gasteiger partial charge in [-0.3, -0.25) is 9.52 Å². The molecule has 1 amide bonds. The molecule has 0 saturated carbocycles. The monoisotopic (exact) mass is 412 g/mol. The predicted molar refractivity (Wildman–Crippen MR) is 95.4 cm³/mol. The van der Waals surface area contributed by atoms with Crippen molar-refractivity contribution in [3.8, 4) is 0 Å². The van der Waals surface area contributed by atoms with E-state index in [4.69, 9.17) is 5.11 Å². The Hall–Kier alpha value is -1.90. The van der Waals surface area contributed by atoms with Crippen LogP contribution in [0.4, 0.5) is 5.69 Å².